The minimum atomic E-state index is -0.938. The summed E-state index contributed by atoms with van der Waals surface area (Å²) < 4.78 is 0. The number of carboxylic acid groups (broad SMARTS) is 1. The van der Waals surface area contributed by atoms with Crippen LogP contribution >= 0.6 is 0 Å². The lowest BCUT2D eigenvalue weighted by Gasteiger charge is -2.05. The molecular weight excluding hydrogens is 270 g/mol. The highest BCUT2D eigenvalue weighted by atomic mass is 16.4. The molecule has 6 heteroatoms. The summed E-state index contributed by atoms with van der Waals surface area (Å²) in [5, 5.41) is 11.4. The SMILES string of the molecule is O=C(O)Cc1cnc(CC(=O)NCc2ccccc2)nc1. The molecule has 0 aliphatic rings. The Morgan fingerprint density at radius 3 is 2.29 bits per heavy atom. The van der Waals surface area contributed by atoms with Crippen LogP contribution in [-0.4, -0.2) is 27.0 Å². The number of carbonyl (C=O) groups is 2. The van der Waals surface area contributed by atoms with Crippen molar-refractivity contribution in [3.63, 3.8) is 0 Å². The number of amides is 1. The van der Waals surface area contributed by atoms with Gasteiger partial charge in [0.15, 0.2) is 0 Å². The van der Waals surface area contributed by atoms with Gasteiger partial charge in [0, 0.05) is 18.9 Å². The lowest BCUT2D eigenvalue weighted by molar-refractivity contribution is -0.136. The molecule has 0 fully saturated rings. The number of aliphatic carboxylic acids is 1. The number of hydrogen-bond donors (Lipinski definition) is 2. The molecule has 1 amide bonds. The third kappa shape index (κ3) is 5.02. The van der Waals surface area contributed by atoms with E-state index in [1.54, 1.807) is 0 Å². The molecule has 0 aliphatic carbocycles. The Balaban J connectivity index is 1.83. The fourth-order valence-electron chi connectivity index (χ4n) is 1.74. The number of nitrogens with one attached hydrogen (secondary N) is 1. The highest BCUT2D eigenvalue weighted by molar-refractivity contribution is 5.77. The van der Waals surface area contributed by atoms with Gasteiger partial charge in [0.05, 0.1) is 12.8 Å². The average Bonchev–Trinajstić information content (AvgIpc) is 2.48. The van der Waals surface area contributed by atoms with E-state index in [1.165, 1.54) is 12.4 Å². The first-order valence-corrected chi connectivity index (χ1v) is 6.45. The minimum Gasteiger partial charge on any atom is -0.481 e. The molecule has 1 heterocycles. The predicted molar refractivity (Wildman–Crippen MR) is 75.4 cm³/mol. The number of nitrogens with zero attached hydrogens (tertiary/aromatic N) is 2. The van der Waals surface area contributed by atoms with Gasteiger partial charge in [0.25, 0.3) is 0 Å². The third-order valence-electron chi connectivity index (χ3n) is 2.77. The third-order valence-corrected chi connectivity index (χ3v) is 2.77. The fourth-order valence-corrected chi connectivity index (χ4v) is 1.74. The Morgan fingerprint density at radius 1 is 1.00 bits per heavy atom. The monoisotopic (exact) mass is 285 g/mol. The van der Waals surface area contributed by atoms with Crippen molar-refractivity contribution in [1.82, 2.24) is 15.3 Å². The van der Waals surface area contributed by atoms with Gasteiger partial charge in [0.1, 0.15) is 5.82 Å². The largest absolute Gasteiger partial charge is 0.481 e. The van der Waals surface area contributed by atoms with Gasteiger partial charge in [-0.2, -0.15) is 0 Å². The van der Waals surface area contributed by atoms with E-state index in [4.69, 9.17) is 5.11 Å². The van der Waals surface area contributed by atoms with Crippen LogP contribution in [-0.2, 0) is 29.0 Å². The molecule has 0 unspecified atom stereocenters. The van der Waals surface area contributed by atoms with Gasteiger partial charge in [-0.25, -0.2) is 9.97 Å². The van der Waals surface area contributed by atoms with Crippen LogP contribution in [0.5, 0.6) is 0 Å². The quantitative estimate of drug-likeness (QED) is 0.824. The molecule has 0 atom stereocenters. The Bertz CT molecular complexity index is 612. The topological polar surface area (TPSA) is 92.2 Å². The molecule has 0 bridgehead atoms. The van der Waals surface area contributed by atoms with Crippen molar-refractivity contribution in [2.45, 2.75) is 19.4 Å². The van der Waals surface area contributed by atoms with E-state index < -0.39 is 5.97 Å². The maximum Gasteiger partial charge on any atom is 0.307 e. The first-order valence-electron chi connectivity index (χ1n) is 6.45. The van der Waals surface area contributed by atoms with Crippen molar-refractivity contribution < 1.29 is 14.7 Å². The highest BCUT2D eigenvalue weighted by Crippen LogP contribution is 2.00. The smallest absolute Gasteiger partial charge is 0.307 e. The Kier molecular flexibility index (Phi) is 4.98. The molecule has 0 saturated heterocycles. The lowest BCUT2D eigenvalue weighted by Crippen LogP contribution is -2.25. The predicted octanol–water partition coefficient (Wildman–Crippen LogP) is 0.963. The maximum atomic E-state index is 11.8. The number of carbonyl (C=O) groups excluding carboxylic acids is 1. The van der Waals surface area contributed by atoms with E-state index in [2.05, 4.69) is 15.3 Å². The molecule has 2 N–H and O–H groups in total. The molecule has 2 aromatic rings. The second-order valence-corrected chi connectivity index (χ2v) is 4.52. The van der Waals surface area contributed by atoms with Gasteiger partial charge >= 0.3 is 5.97 Å². The molecule has 6 nitrogen and oxygen atoms in total. The summed E-state index contributed by atoms with van der Waals surface area (Å²) in [5.41, 5.74) is 1.53. The molecule has 0 aliphatic heterocycles. The van der Waals surface area contributed by atoms with Crippen LogP contribution in [0.2, 0.25) is 0 Å². The molecule has 1 aromatic carbocycles. The van der Waals surface area contributed by atoms with E-state index in [1.807, 2.05) is 30.3 Å². The second-order valence-electron chi connectivity index (χ2n) is 4.52. The summed E-state index contributed by atoms with van der Waals surface area (Å²) in [7, 11) is 0. The van der Waals surface area contributed by atoms with E-state index in [0.29, 0.717) is 17.9 Å². The summed E-state index contributed by atoms with van der Waals surface area (Å²) in [6.07, 6.45) is 2.81. The zero-order valence-corrected chi connectivity index (χ0v) is 11.3. The first kappa shape index (κ1) is 14.6. The Morgan fingerprint density at radius 2 is 1.67 bits per heavy atom. The second kappa shape index (κ2) is 7.14. The van der Waals surface area contributed by atoms with Crippen LogP contribution in [0.4, 0.5) is 0 Å². The first-order chi connectivity index (χ1) is 10.1. The summed E-state index contributed by atoms with van der Waals surface area (Å²) in [6.45, 7) is 0.455. The summed E-state index contributed by atoms with van der Waals surface area (Å²) >= 11 is 0. The number of hydrogen-bond acceptors (Lipinski definition) is 4. The molecule has 0 radical (unpaired) electrons. The molecule has 0 saturated carbocycles. The summed E-state index contributed by atoms with van der Waals surface area (Å²) in [6, 6.07) is 9.59. The highest BCUT2D eigenvalue weighted by Gasteiger charge is 2.07. The summed E-state index contributed by atoms with van der Waals surface area (Å²) in [5.74, 6) is -0.744. The fraction of sp³-hybridized carbons (Fsp3) is 0.200. The number of aromatic nitrogens is 2. The van der Waals surface area contributed by atoms with Crippen LogP contribution in [0, 0.1) is 0 Å². The maximum absolute atomic E-state index is 11.8. The van der Waals surface area contributed by atoms with Crippen molar-refractivity contribution in [2.75, 3.05) is 0 Å². The minimum absolute atomic E-state index is 0.0696. The molecular formula is C15H15N3O3. The zero-order chi connectivity index (χ0) is 15.1. The van der Waals surface area contributed by atoms with E-state index in [0.717, 1.165) is 5.56 Å². The molecule has 1 aromatic heterocycles. The van der Waals surface area contributed by atoms with Crippen molar-refractivity contribution in [2.24, 2.45) is 0 Å². The number of carboxylic acids is 1. The molecule has 21 heavy (non-hydrogen) atoms. The van der Waals surface area contributed by atoms with Crippen LogP contribution in [0.15, 0.2) is 42.7 Å². The molecule has 108 valence electrons. The van der Waals surface area contributed by atoms with Gasteiger partial charge in [-0.15, -0.1) is 0 Å². The molecule has 2 rings (SSSR count). The Hall–Kier alpha value is -2.76. The normalized spacial score (nSPS) is 10.1. The van der Waals surface area contributed by atoms with Crippen molar-refractivity contribution in [3.8, 4) is 0 Å². The number of rotatable bonds is 6. The van der Waals surface area contributed by atoms with Gasteiger partial charge < -0.3 is 10.4 Å². The van der Waals surface area contributed by atoms with Crippen LogP contribution in [0.1, 0.15) is 17.0 Å². The van der Waals surface area contributed by atoms with E-state index >= 15 is 0 Å². The Labute approximate surface area is 121 Å². The molecule has 0 spiro atoms. The van der Waals surface area contributed by atoms with E-state index in [-0.39, 0.29) is 18.7 Å². The van der Waals surface area contributed by atoms with Crippen molar-refractivity contribution in [1.29, 1.82) is 0 Å². The van der Waals surface area contributed by atoms with Gasteiger partial charge in [0.2, 0.25) is 5.91 Å². The van der Waals surface area contributed by atoms with Crippen LogP contribution in [0.3, 0.4) is 0 Å². The van der Waals surface area contributed by atoms with Crippen molar-refractivity contribution >= 4 is 11.9 Å². The zero-order valence-electron chi connectivity index (χ0n) is 11.3. The van der Waals surface area contributed by atoms with Crippen LogP contribution in [0.25, 0.3) is 0 Å². The van der Waals surface area contributed by atoms with Gasteiger partial charge in [-0.3, -0.25) is 9.59 Å². The standard InChI is InChI=1S/C15H15N3O3/c19-14(18-8-11-4-2-1-3-5-11)7-13-16-9-12(10-17-13)6-15(20)21/h1-5,9-10H,6-8H2,(H,18,19)(H,20,21). The summed E-state index contributed by atoms with van der Waals surface area (Å²) in [4.78, 5) is 30.3. The average molecular weight is 285 g/mol. The van der Waals surface area contributed by atoms with Gasteiger partial charge in [-0.1, -0.05) is 30.3 Å². The van der Waals surface area contributed by atoms with Crippen LogP contribution < -0.4 is 5.32 Å². The number of benzene rings is 1. The van der Waals surface area contributed by atoms with Crippen molar-refractivity contribution in [3.05, 3.63) is 59.7 Å². The van der Waals surface area contributed by atoms with Gasteiger partial charge in [-0.05, 0) is 11.1 Å². The van der Waals surface area contributed by atoms with E-state index in [9.17, 15) is 9.59 Å². The lowest BCUT2D eigenvalue weighted by atomic mass is 10.2.